The molecule has 0 N–H and O–H groups in total. The number of nitriles is 1. The molecular formula is C9H6ClF2N. The van der Waals surface area contributed by atoms with Crippen molar-refractivity contribution in [2.24, 2.45) is 0 Å². The molecule has 0 heterocycles. The van der Waals surface area contributed by atoms with E-state index >= 15 is 0 Å². The Labute approximate surface area is 79.6 Å². The highest BCUT2D eigenvalue weighted by molar-refractivity contribution is 6.30. The molecule has 0 spiro atoms. The van der Waals surface area contributed by atoms with Gasteiger partial charge >= 0.3 is 0 Å². The molecule has 0 aromatic heterocycles. The van der Waals surface area contributed by atoms with Gasteiger partial charge in [-0.15, -0.1) is 0 Å². The van der Waals surface area contributed by atoms with E-state index in [1.165, 1.54) is 0 Å². The van der Waals surface area contributed by atoms with E-state index < -0.39 is 11.6 Å². The summed E-state index contributed by atoms with van der Waals surface area (Å²) in [6, 6.07) is 3.80. The van der Waals surface area contributed by atoms with Crippen molar-refractivity contribution in [3.05, 3.63) is 34.4 Å². The van der Waals surface area contributed by atoms with Gasteiger partial charge in [0.25, 0.3) is 0 Å². The van der Waals surface area contributed by atoms with Crippen molar-refractivity contribution in [2.75, 3.05) is 0 Å². The zero-order valence-electron chi connectivity index (χ0n) is 6.65. The molecule has 0 atom stereocenters. The minimum atomic E-state index is -0.656. The molecule has 0 fully saturated rings. The third-order valence-electron chi connectivity index (χ3n) is 1.60. The van der Waals surface area contributed by atoms with Crippen LogP contribution in [0.1, 0.15) is 12.0 Å². The van der Waals surface area contributed by atoms with Gasteiger partial charge in [0.1, 0.15) is 11.6 Å². The zero-order chi connectivity index (χ0) is 9.84. The number of halogens is 3. The minimum absolute atomic E-state index is 0.165. The van der Waals surface area contributed by atoms with Crippen LogP contribution in [0.25, 0.3) is 0 Å². The molecular weight excluding hydrogens is 196 g/mol. The Bertz CT molecular complexity index is 357. The highest BCUT2D eigenvalue weighted by Gasteiger charge is 2.07. The first-order valence-electron chi connectivity index (χ1n) is 3.65. The lowest BCUT2D eigenvalue weighted by Crippen LogP contribution is -1.92. The number of rotatable bonds is 2. The fraction of sp³-hybridized carbons (Fsp3) is 0.222. The van der Waals surface area contributed by atoms with Crippen LogP contribution in [-0.4, -0.2) is 0 Å². The maximum atomic E-state index is 13.0. The van der Waals surface area contributed by atoms with Gasteiger partial charge in [0.2, 0.25) is 0 Å². The number of nitrogens with zero attached hydrogens (tertiary/aromatic N) is 1. The SMILES string of the molecule is N#CCCc1cc(F)c(Cl)cc1F. The molecule has 68 valence electrons. The molecule has 0 saturated heterocycles. The highest BCUT2D eigenvalue weighted by atomic mass is 35.5. The molecule has 0 aliphatic carbocycles. The van der Waals surface area contributed by atoms with Crippen molar-refractivity contribution in [1.29, 1.82) is 5.26 Å². The van der Waals surface area contributed by atoms with E-state index in [2.05, 4.69) is 0 Å². The average molecular weight is 202 g/mol. The fourth-order valence-electron chi connectivity index (χ4n) is 0.946. The second-order valence-electron chi connectivity index (χ2n) is 2.52. The molecule has 13 heavy (non-hydrogen) atoms. The lowest BCUT2D eigenvalue weighted by atomic mass is 10.1. The van der Waals surface area contributed by atoms with E-state index in [9.17, 15) is 8.78 Å². The number of aryl methyl sites for hydroxylation is 1. The molecule has 0 aliphatic rings. The second-order valence-corrected chi connectivity index (χ2v) is 2.92. The summed E-state index contributed by atoms with van der Waals surface area (Å²) in [4.78, 5) is 0. The van der Waals surface area contributed by atoms with E-state index in [1.54, 1.807) is 0 Å². The lowest BCUT2D eigenvalue weighted by Gasteiger charge is -2.01. The standard InChI is InChI=1S/C9H6ClF2N/c10-7-5-8(11)6(2-1-3-13)4-9(7)12/h4-5H,1-2H2. The normalized spacial score (nSPS) is 9.69. The van der Waals surface area contributed by atoms with E-state index in [-0.39, 0.29) is 23.4 Å². The summed E-state index contributed by atoms with van der Waals surface area (Å²) in [5, 5.41) is 8.01. The van der Waals surface area contributed by atoms with Crippen LogP contribution >= 0.6 is 11.6 Å². The van der Waals surface area contributed by atoms with E-state index in [0.29, 0.717) is 0 Å². The maximum absolute atomic E-state index is 13.0. The van der Waals surface area contributed by atoms with Crippen molar-refractivity contribution in [1.82, 2.24) is 0 Å². The van der Waals surface area contributed by atoms with Crippen LogP contribution in [0.3, 0.4) is 0 Å². The Morgan fingerprint density at radius 3 is 2.62 bits per heavy atom. The van der Waals surface area contributed by atoms with Crippen molar-refractivity contribution in [3.63, 3.8) is 0 Å². The monoisotopic (exact) mass is 201 g/mol. The van der Waals surface area contributed by atoms with Gasteiger partial charge in [0.15, 0.2) is 0 Å². The Morgan fingerprint density at radius 1 is 1.31 bits per heavy atom. The summed E-state index contributed by atoms with van der Waals surface area (Å²) in [6.45, 7) is 0. The van der Waals surface area contributed by atoms with E-state index in [0.717, 1.165) is 12.1 Å². The predicted molar refractivity (Wildman–Crippen MR) is 45.3 cm³/mol. The fourth-order valence-corrected chi connectivity index (χ4v) is 1.10. The molecule has 1 aromatic rings. The minimum Gasteiger partial charge on any atom is -0.207 e. The van der Waals surface area contributed by atoms with Gasteiger partial charge in [-0.1, -0.05) is 11.6 Å². The van der Waals surface area contributed by atoms with E-state index in [4.69, 9.17) is 16.9 Å². The van der Waals surface area contributed by atoms with Crippen LogP contribution in [0.4, 0.5) is 8.78 Å². The molecule has 0 saturated carbocycles. The largest absolute Gasteiger partial charge is 0.207 e. The van der Waals surface area contributed by atoms with Gasteiger partial charge in [-0.25, -0.2) is 8.78 Å². The molecule has 4 heteroatoms. The molecule has 1 aromatic carbocycles. The van der Waals surface area contributed by atoms with Crippen molar-refractivity contribution >= 4 is 11.6 Å². The molecule has 0 amide bonds. The summed E-state index contributed by atoms with van der Waals surface area (Å²) >= 11 is 5.34. The van der Waals surface area contributed by atoms with Gasteiger partial charge in [0.05, 0.1) is 11.1 Å². The van der Waals surface area contributed by atoms with Crippen LogP contribution < -0.4 is 0 Å². The topological polar surface area (TPSA) is 23.8 Å². The quantitative estimate of drug-likeness (QED) is 0.675. The van der Waals surface area contributed by atoms with Gasteiger partial charge < -0.3 is 0 Å². The molecule has 1 rings (SSSR count). The summed E-state index contributed by atoms with van der Waals surface area (Å²) in [5.41, 5.74) is 0.184. The van der Waals surface area contributed by atoms with Crippen molar-refractivity contribution < 1.29 is 8.78 Å². The smallest absolute Gasteiger partial charge is 0.142 e. The molecule has 0 aliphatic heterocycles. The van der Waals surface area contributed by atoms with Gasteiger partial charge in [0, 0.05) is 6.42 Å². The van der Waals surface area contributed by atoms with Gasteiger partial charge in [-0.2, -0.15) is 5.26 Å². The number of hydrogen-bond acceptors (Lipinski definition) is 1. The van der Waals surface area contributed by atoms with Crippen molar-refractivity contribution in [2.45, 2.75) is 12.8 Å². The number of hydrogen-bond donors (Lipinski definition) is 0. The Kier molecular flexibility index (Phi) is 3.21. The highest BCUT2D eigenvalue weighted by Crippen LogP contribution is 2.19. The Balaban J connectivity index is 2.96. The third-order valence-corrected chi connectivity index (χ3v) is 1.89. The summed E-state index contributed by atoms with van der Waals surface area (Å²) in [7, 11) is 0. The molecule has 0 bridgehead atoms. The summed E-state index contributed by atoms with van der Waals surface area (Å²) in [5.74, 6) is -1.22. The van der Waals surface area contributed by atoms with Crippen LogP contribution in [0, 0.1) is 23.0 Å². The maximum Gasteiger partial charge on any atom is 0.142 e. The van der Waals surface area contributed by atoms with Crippen LogP contribution in [0.15, 0.2) is 12.1 Å². The first-order valence-corrected chi connectivity index (χ1v) is 4.03. The van der Waals surface area contributed by atoms with Gasteiger partial charge in [-0.05, 0) is 24.1 Å². The Hall–Kier alpha value is -1.14. The zero-order valence-corrected chi connectivity index (χ0v) is 7.41. The number of benzene rings is 1. The average Bonchev–Trinajstić information content (AvgIpc) is 2.09. The first-order chi connectivity index (χ1) is 6.15. The van der Waals surface area contributed by atoms with E-state index in [1.807, 2.05) is 6.07 Å². The lowest BCUT2D eigenvalue weighted by molar-refractivity contribution is 0.585. The third kappa shape index (κ3) is 2.40. The van der Waals surface area contributed by atoms with Gasteiger partial charge in [-0.3, -0.25) is 0 Å². The first kappa shape index (κ1) is 9.94. The second kappa shape index (κ2) is 4.20. The predicted octanol–water partition coefficient (Wildman–Crippen LogP) is 3.07. The molecule has 0 unspecified atom stereocenters. The summed E-state index contributed by atoms with van der Waals surface area (Å²) in [6.07, 6.45) is 0.369. The van der Waals surface area contributed by atoms with Crippen LogP contribution in [-0.2, 0) is 6.42 Å². The van der Waals surface area contributed by atoms with Crippen LogP contribution in [0.5, 0.6) is 0 Å². The molecule has 1 nitrogen and oxygen atoms in total. The van der Waals surface area contributed by atoms with Crippen molar-refractivity contribution in [3.8, 4) is 6.07 Å². The Morgan fingerprint density at radius 2 is 2.00 bits per heavy atom. The summed E-state index contributed by atoms with van der Waals surface area (Å²) < 4.78 is 25.8. The van der Waals surface area contributed by atoms with Crippen LogP contribution in [0.2, 0.25) is 5.02 Å². The molecule has 0 radical (unpaired) electrons.